The Bertz CT molecular complexity index is 560. The number of halogens is 2. The molecule has 1 fully saturated rings. The van der Waals surface area contributed by atoms with Crippen molar-refractivity contribution in [2.24, 2.45) is 9.98 Å². The Labute approximate surface area is 130 Å². The number of hydrogen-bond acceptors (Lipinski definition) is 4. The summed E-state index contributed by atoms with van der Waals surface area (Å²) < 4.78 is 0. The normalized spacial score (nSPS) is 21.3. The lowest BCUT2D eigenvalue weighted by atomic mass is 10.3. The molecular weight excluding hydrogens is 321 g/mol. The Balaban J connectivity index is 1.86. The molecule has 0 N–H and O–H groups in total. The summed E-state index contributed by atoms with van der Waals surface area (Å²) in [7, 11) is 0. The van der Waals surface area contributed by atoms with E-state index in [-0.39, 0.29) is 0 Å². The SMILES string of the molecule is Clc1ccc(N=C2SCCN2C2=NCCS2)cc1Cl. The smallest absolute Gasteiger partial charge is 0.170 e. The molecule has 0 atom stereocenters. The Morgan fingerprint density at radius 1 is 1.16 bits per heavy atom. The minimum Gasteiger partial charge on any atom is -0.299 e. The molecule has 0 unspecified atom stereocenters. The minimum atomic E-state index is 0.533. The van der Waals surface area contributed by atoms with Gasteiger partial charge in [-0.05, 0) is 18.2 Å². The van der Waals surface area contributed by atoms with Crippen molar-refractivity contribution in [2.45, 2.75) is 0 Å². The lowest BCUT2D eigenvalue weighted by Gasteiger charge is -2.16. The fourth-order valence-corrected chi connectivity index (χ4v) is 4.02. The van der Waals surface area contributed by atoms with E-state index in [9.17, 15) is 0 Å². The molecule has 1 aromatic rings. The molecule has 19 heavy (non-hydrogen) atoms. The molecule has 2 aliphatic rings. The van der Waals surface area contributed by atoms with E-state index in [4.69, 9.17) is 23.2 Å². The first kappa shape index (κ1) is 13.6. The highest BCUT2D eigenvalue weighted by Crippen LogP contribution is 2.30. The first-order valence-electron chi connectivity index (χ1n) is 5.85. The van der Waals surface area contributed by atoms with Gasteiger partial charge in [0.05, 0.1) is 22.3 Å². The first-order chi connectivity index (χ1) is 9.24. The highest BCUT2D eigenvalue weighted by molar-refractivity contribution is 8.16. The molecular formula is C12H11Cl2N3S2. The molecule has 0 spiro atoms. The first-order valence-corrected chi connectivity index (χ1v) is 8.58. The van der Waals surface area contributed by atoms with Crippen molar-refractivity contribution >= 4 is 62.7 Å². The molecule has 7 heteroatoms. The molecule has 3 rings (SSSR count). The molecule has 1 aromatic carbocycles. The van der Waals surface area contributed by atoms with Crippen LogP contribution in [0, 0.1) is 0 Å². The third-order valence-electron chi connectivity index (χ3n) is 2.71. The van der Waals surface area contributed by atoms with E-state index in [2.05, 4.69) is 14.9 Å². The lowest BCUT2D eigenvalue weighted by Crippen LogP contribution is -2.28. The third kappa shape index (κ3) is 3.05. The maximum absolute atomic E-state index is 6.01. The molecule has 2 heterocycles. The predicted octanol–water partition coefficient (Wildman–Crippen LogP) is 4.13. The van der Waals surface area contributed by atoms with Gasteiger partial charge < -0.3 is 0 Å². The maximum atomic E-state index is 6.01. The van der Waals surface area contributed by atoms with E-state index in [1.807, 2.05) is 6.07 Å². The monoisotopic (exact) mass is 331 g/mol. The number of nitrogens with zero attached hydrogens (tertiary/aromatic N) is 3. The lowest BCUT2D eigenvalue weighted by molar-refractivity contribution is 0.689. The summed E-state index contributed by atoms with van der Waals surface area (Å²) in [6.07, 6.45) is 0. The van der Waals surface area contributed by atoms with Crippen molar-refractivity contribution in [2.75, 3.05) is 24.6 Å². The van der Waals surface area contributed by atoms with Gasteiger partial charge in [0.2, 0.25) is 0 Å². The molecule has 100 valence electrons. The van der Waals surface area contributed by atoms with Crippen molar-refractivity contribution in [1.29, 1.82) is 0 Å². The van der Waals surface area contributed by atoms with E-state index in [1.54, 1.807) is 35.7 Å². The average molecular weight is 332 g/mol. The summed E-state index contributed by atoms with van der Waals surface area (Å²) in [5, 5.41) is 3.17. The van der Waals surface area contributed by atoms with Crippen LogP contribution < -0.4 is 0 Å². The van der Waals surface area contributed by atoms with Gasteiger partial charge >= 0.3 is 0 Å². The quantitative estimate of drug-likeness (QED) is 0.774. The Hall–Kier alpha value is -0.360. The van der Waals surface area contributed by atoms with Gasteiger partial charge in [0.25, 0.3) is 0 Å². The fraction of sp³-hybridized carbons (Fsp3) is 0.333. The van der Waals surface area contributed by atoms with Gasteiger partial charge in [0.15, 0.2) is 10.3 Å². The van der Waals surface area contributed by atoms with Crippen molar-refractivity contribution in [3.8, 4) is 0 Å². The summed E-state index contributed by atoms with van der Waals surface area (Å²) in [6.45, 7) is 1.87. The molecule has 0 aromatic heterocycles. The van der Waals surface area contributed by atoms with Gasteiger partial charge in [-0.15, -0.1) is 0 Å². The van der Waals surface area contributed by atoms with E-state index in [1.165, 1.54) is 0 Å². The summed E-state index contributed by atoms with van der Waals surface area (Å²) in [6, 6.07) is 5.44. The average Bonchev–Trinajstić information content (AvgIpc) is 3.04. The number of thioether (sulfide) groups is 2. The molecule has 0 radical (unpaired) electrons. The Morgan fingerprint density at radius 3 is 2.79 bits per heavy atom. The molecule has 0 amide bonds. The fourth-order valence-electron chi connectivity index (χ4n) is 1.82. The number of benzene rings is 1. The minimum absolute atomic E-state index is 0.533. The van der Waals surface area contributed by atoms with Gasteiger partial charge in [-0.25, -0.2) is 4.99 Å². The Kier molecular flexibility index (Phi) is 4.27. The largest absolute Gasteiger partial charge is 0.299 e. The molecule has 0 aliphatic carbocycles. The molecule has 1 saturated heterocycles. The van der Waals surface area contributed by atoms with Crippen LogP contribution in [0.1, 0.15) is 0 Å². The molecule has 3 nitrogen and oxygen atoms in total. The molecule has 0 bridgehead atoms. The van der Waals surface area contributed by atoms with Crippen LogP contribution in [0.2, 0.25) is 10.0 Å². The van der Waals surface area contributed by atoms with Crippen LogP contribution in [0.25, 0.3) is 0 Å². The van der Waals surface area contributed by atoms with E-state index < -0.39 is 0 Å². The van der Waals surface area contributed by atoms with E-state index >= 15 is 0 Å². The maximum Gasteiger partial charge on any atom is 0.170 e. The van der Waals surface area contributed by atoms with Crippen molar-refractivity contribution in [3.63, 3.8) is 0 Å². The number of amidine groups is 2. The van der Waals surface area contributed by atoms with Gasteiger partial charge in [-0.2, -0.15) is 0 Å². The highest BCUT2D eigenvalue weighted by Gasteiger charge is 2.26. The number of rotatable bonds is 1. The second-order valence-corrected chi connectivity index (χ2v) is 6.94. The molecule has 2 aliphatic heterocycles. The van der Waals surface area contributed by atoms with Crippen molar-refractivity contribution < 1.29 is 0 Å². The standard InChI is InChI=1S/C12H11Cl2N3S2/c13-9-2-1-8(7-10(9)14)16-12-17(4-6-19-12)11-15-3-5-18-11/h1-2,7H,3-6H2. The van der Waals surface area contributed by atoms with E-state index in [0.717, 1.165) is 40.6 Å². The van der Waals surface area contributed by atoms with Crippen molar-refractivity contribution in [3.05, 3.63) is 28.2 Å². The van der Waals surface area contributed by atoms with Gasteiger partial charge in [-0.1, -0.05) is 46.7 Å². The van der Waals surface area contributed by atoms with Crippen LogP contribution in [-0.4, -0.2) is 39.8 Å². The van der Waals surface area contributed by atoms with Gasteiger partial charge in [0.1, 0.15) is 0 Å². The second kappa shape index (κ2) is 5.95. The van der Waals surface area contributed by atoms with Crippen LogP contribution >= 0.6 is 46.7 Å². The zero-order valence-corrected chi connectivity index (χ0v) is 13.1. The van der Waals surface area contributed by atoms with Crippen LogP contribution in [0.3, 0.4) is 0 Å². The van der Waals surface area contributed by atoms with Crippen LogP contribution in [0.15, 0.2) is 28.2 Å². The highest BCUT2D eigenvalue weighted by atomic mass is 35.5. The second-order valence-electron chi connectivity index (χ2n) is 4.01. The predicted molar refractivity (Wildman–Crippen MR) is 87.5 cm³/mol. The van der Waals surface area contributed by atoms with Crippen LogP contribution in [0.4, 0.5) is 5.69 Å². The third-order valence-corrected chi connectivity index (χ3v) is 5.40. The Morgan fingerprint density at radius 2 is 2.05 bits per heavy atom. The molecule has 0 saturated carbocycles. The zero-order chi connectivity index (χ0) is 13.2. The summed E-state index contributed by atoms with van der Waals surface area (Å²) in [4.78, 5) is 11.3. The number of hydrogen-bond donors (Lipinski definition) is 0. The zero-order valence-electron chi connectivity index (χ0n) is 9.97. The number of aliphatic imine (C=N–C) groups is 2. The van der Waals surface area contributed by atoms with Gasteiger partial charge in [0, 0.05) is 18.1 Å². The summed E-state index contributed by atoms with van der Waals surface area (Å²) in [5.74, 6) is 2.11. The van der Waals surface area contributed by atoms with E-state index in [0.29, 0.717) is 10.0 Å². The topological polar surface area (TPSA) is 28.0 Å². The summed E-state index contributed by atoms with van der Waals surface area (Å²) >= 11 is 15.5. The van der Waals surface area contributed by atoms with Gasteiger partial charge in [-0.3, -0.25) is 9.89 Å². The van der Waals surface area contributed by atoms with Crippen LogP contribution in [-0.2, 0) is 0 Å². The summed E-state index contributed by atoms with van der Waals surface area (Å²) in [5.41, 5.74) is 0.826. The van der Waals surface area contributed by atoms with Crippen molar-refractivity contribution in [1.82, 2.24) is 4.90 Å². The van der Waals surface area contributed by atoms with Crippen LogP contribution in [0.5, 0.6) is 0 Å².